The van der Waals surface area contributed by atoms with Crippen molar-refractivity contribution in [1.82, 2.24) is 10.5 Å². The molecule has 0 saturated heterocycles. The lowest BCUT2D eigenvalue weighted by atomic mass is 9.95. The maximum atomic E-state index is 11.2. The standard InChI is InChI=1S/C26H23N3O4/c1-15-20(6-5-7-23(15)33-29-16(2)30)18-8-10-19(11-9-18)25-28-22-13-17(14-27)12-21(24(22)32-25)26(3,4)31/h5-13,31H,1-4H3,(H,29,30). The molecule has 0 saturated carbocycles. The third-order valence-corrected chi connectivity index (χ3v) is 5.31. The number of oxazole rings is 1. The van der Waals surface area contributed by atoms with Crippen molar-refractivity contribution in [1.29, 1.82) is 5.26 Å². The quantitative estimate of drug-likeness (QED) is 0.422. The number of nitrogens with one attached hydrogen (secondary N) is 1. The van der Waals surface area contributed by atoms with E-state index in [4.69, 9.17) is 9.25 Å². The highest BCUT2D eigenvalue weighted by molar-refractivity contribution is 5.82. The lowest BCUT2D eigenvalue weighted by Gasteiger charge is -2.17. The van der Waals surface area contributed by atoms with Gasteiger partial charge in [-0.15, -0.1) is 0 Å². The number of rotatable bonds is 5. The number of nitriles is 1. The Hall–Kier alpha value is -4.15. The smallest absolute Gasteiger partial charge is 0.249 e. The van der Waals surface area contributed by atoms with E-state index in [1.165, 1.54) is 6.92 Å². The molecule has 1 heterocycles. The van der Waals surface area contributed by atoms with Gasteiger partial charge in [-0.05, 0) is 62.2 Å². The van der Waals surface area contributed by atoms with Crippen LogP contribution in [-0.4, -0.2) is 16.0 Å². The summed E-state index contributed by atoms with van der Waals surface area (Å²) in [6, 6.07) is 18.7. The zero-order valence-electron chi connectivity index (χ0n) is 18.8. The lowest BCUT2D eigenvalue weighted by Crippen LogP contribution is -2.24. The van der Waals surface area contributed by atoms with Gasteiger partial charge in [0, 0.05) is 23.6 Å². The van der Waals surface area contributed by atoms with Crippen LogP contribution in [0.1, 0.15) is 37.5 Å². The second-order valence-electron chi connectivity index (χ2n) is 8.33. The van der Waals surface area contributed by atoms with Gasteiger partial charge in [0.05, 0.1) is 17.2 Å². The molecule has 0 unspecified atom stereocenters. The number of aromatic nitrogens is 1. The highest BCUT2D eigenvalue weighted by atomic mass is 16.7. The first kappa shape index (κ1) is 22.1. The monoisotopic (exact) mass is 441 g/mol. The van der Waals surface area contributed by atoms with Gasteiger partial charge < -0.3 is 14.4 Å². The summed E-state index contributed by atoms with van der Waals surface area (Å²) < 4.78 is 6.01. The van der Waals surface area contributed by atoms with Gasteiger partial charge in [-0.25, -0.2) is 4.98 Å². The average molecular weight is 441 g/mol. The second-order valence-corrected chi connectivity index (χ2v) is 8.33. The van der Waals surface area contributed by atoms with Crippen LogP contribution in [0.3, 0.4) is 0 Å². The van der Waals surface area contributed by atoms with Crippen molar-refractivity contribution >= 4 is 17.0 Å². The Balaban J connectivity index is 1.70. The summed E-state index contributed by atoms with van der Waals surface area (Å²) >= 11 is 0. The van der Waals surface area contributed by atoms with Crippen LogP contribution in [0.5, 0.6) is 5.75 Å². The Morgan fingerprint density at radius 3 is 2.48 bits per heavy atom. The number of hydrogen-bond donors (Lipinski definition) is 2. The Morgan fingerprint density at radius 1 is 1.15 bits per heavy atom. The largest absolute Gasteiger partial charge is 0.436 e. The molecule has 0 radical (unpaired) electrons. The number of benzene rings is 3. The van der Waals surface area contributed by atoms with Crippen LogP contribution in [0.2, 0.25) is 0 Å². The summed E-state index contributed by atoms with van der Waals surface area (Å²) in [4.78, 5) is 21.1. The van der Waals surface area contributed by atoms with Crippen LogP contribution in [0, 0.1) is 18.3 Å². The van der Waals surface area contributed by atoms with Crippen molar-refractivity contribution in [2.24, 2.45) is 0 Å². The number of nitrogens with zero attached hydrogens (tertiary/aromatic N) is 2. The van der Waals surface area contributed by atoms with Gasteiger partial charge in [0.2, 0.25) is 11.8 Å². The van der Waals surface area contributed by atoms with E-state index in [2.05, 4.69) is 16.5 Å². The topological polar surface area (TPSA) is 108 Å². The molecule has 0 aliphatic carbocycles. The van der Waals surface area contributed by atoms with Crippen LogP contribution in [0.25, 0.3) is 33.7 Å². The molecular formula is C26H23N3O4. The van der Waals surface area contributed by atoms with Crippen molar-refractivity contribution in [2.75, 3.05) is 0 Å². The van der Waals surface area contributed by atoms with Crippen LogP contribution in [-0.2, 0) is 10.4 Å². The van der Waals surface area contributed by atoms with E-state index < -0.39 is 5.60 Å². The van der Waals surface area contributed by atoms with E-state index in [0.717, 1.165) is 22.3 Å². The summed E-state index contributed by atoms with van der Waals surface area (Å²) in [6.45, 7) is 6.60. The zero-order chi connectivity index (χ0) is 23.8. The van der Waals surface area contributed by atoms with Crippen molar-refractivity contribution in [3.63, 3.8) is 0 Å². The highest BCUT2D eigenvalue weighted by Crippen LogP contribution is 2.35. The fraction of sp³-hybridized carbons (Fsp3) is 0.192. The maximum Gasteiger partial charge on any atom is 0.249 e. The first-order chi connectivity index (χ1) is 15.7. The summed E-state index contributed by atoms with van der Waals surface area (Å²) in [6.07, 6.45) is 0. The second kappa shape index (κ2) is 8.41. The number of carbonyl (C=O) groups excluding carboxylic acids is 1. The molecule has 4 rings (SSSR count). The molecule has 7 nitrogen and oxygen atoms in total. The third-order valence-electron chi connectivity index (χ3n) is 5.31. The Morgan fingerprint density at radius 2 is 1.85 bits per heavy atom. The minimum atomic E-state index is -1.19. The van der Waals surface area contributed by atoms with Gasteiger partial charge in [-0.3, -0.25) is 4.79 Å². The van der Waals surface area contributed by atoms with Crippen molar-refractivity contribution < 1.29 is 19.2 Å². The average Bonchev–Trinajstić information content (AvgIpc) is 3.21. The van der Waals surface area contributed by atoms with Crippen molar-refractivity contribution in [2.45, 2.75) is 33.3 Å². The summed E-state index contributed by atoms with van der Waals surface area (Å²) in [5.74, 6) is 0.687. The molecule has 0 fully saturated rings. The van der Waals surface area contributed by atoms with E-state index in [0.29, 0.717) is 33.9 Å². The molecule has 2 N–H and O–H groups in total. The number of hydroxylamine groups is 1. The van der Waals surface area contributed by atoms with Crippen LogP contribution in [0.15, 0.2) is 59.0 Å². The fourth-order valence-corrected chi connectivity index (χ4v) is 3.63. The minimum Gasteiger partial charge on any atom is -0.436 e. The fourth-order valence-electron chi connectivity index (χ4n) is 3.63. The van der Waals surface area contributed by atoms with Crippen LogP contribution < -0.4 is 10.3 Å². The Kier molecular flexibility index (Phi) is 5.62. The first-order valence-corrected chi connectivity index (χ1v) is 10.4. The van der Waals surface area contributed by atoms with Gasteiger partial charge in [0.1, 0.15) is 5.52 Å². The van der Waals surface area contributed by atoms with E-state index in [-0.39, 0.29) is 5.91 Å². The van der Waals surface area contributed by atoms with Crippen LogP contribution >= 0.6 is 0 Å². The third kappa shape index (κ3) is 4.43. The van der Waals surface area contributed by atoms with Gasteiger partial charge in [-0.1, -0.05) is 24.3 Å². The summed E-state index contributed by atoms with van der Waals surface area (Å²) in [7, 11) is 0. The highest BCUT2D eigenvalue weighted by Gasteiger charge is 2.24. The van der Waals surface area contributed by atoms with E-state index in [9.17, 15) is 15.2 Å². The van der Waals surface area contributed by atoms with E-state index in [1.54, 1.807) is 32.0 Å². The molecule has 0 aliphatic heterocycles. The maximum absolute atomic E-state index is 11.2. The van der Waals surface area contributed by atoms with Crippen molar-refractivity contribution in [3.05, 3.63) is 71.3 Å². The van der Waals surface area contributed by atoms with E-state index in [1.807, 2.05) is 43.3 Å². The molecule has 7 heteroatoms. The Bertz CT molecular complexity index is 1390. The van der Waals surface area contributed by atoms with Gasteiger partial charge in [-0.2, -0.15) is 10.7 Å². The molecule has 3 aromatic carbocycles. The van der Waals surface area contributed by atoms with Gasteiger partial charge >= 0.3 is 0 Å². The molecule has 0 spiro atoms. The number of carbonyl (C=O) groups is 1. The SMILES string of the molecule is CC(=O)NOc1cccc(-c2ccc(-c3nc4cc(C#N)cc(C(C)(C)O)c4o3)cc2)c1C. The molecule has 0 bridgehead atoms. The predicted octanol–water partition coefficient (Wildman–Crippen LogP) is 5.00. The Labute approximate surface area is 191 Å². The number of fused-ring (bicyclic) bond motifs is 1. The van der Waals surface area contributed by atoms with Crippen LogP contribution in [0.4, 0.5) is 0 Å². The molecule has 0 aliphatic rings. The number of hydrogen-bond acceptors (Lipinski definition) is 6. The molecule has 1 aromatic heterocycles. The van der Waals surface area contributed by atoms with Gasteiger partial charge in [0.25, 0.3) is 0 Å². The minimum absolute atomic E-state index is 0.280. The molecule has 33 heavy (non-hydrogen) atoms. The normalized spacial score (nSPS) is 11.3. The summed E-state index contributed by atoms with van der Waals surface area (Å²) in [5, 5.41) is 19.9. The van der Waals surface area contributed by atoms with Crippen molar-refractivity contribution in [3.8, 4) is 34.4 Å². The van der Waals surface area contributed by atoms with Gasteiger partial charge in [0.15, 0.2) is 11.3 Å². The molecule has 1 amide bonds. The predicted molar refractivity (Wildman–Crippen MR) is 124 cm³/mol. The lowest BCUT2D eigenvalue weighted by molar-refractivity contribution is -0.125. The van der Waals surface area contributed by atoms with E-state index >= 15 is 0 Å². The first-order valence-electron chi connectivity index (χ1n) is 10.4. The molecule has 0 atom stereocenters. The zero-order valence-corrected chi connectivity index (χ0v) is 18.8. The molecule has 4 aromatic rings. The number of amides is 1. The number of aliphatic hydroxyl groups is 1. The summed E-state index contributed by atoms with van der Waals surface area (Å²) in [5.41, 5.74) is 6.64. The molecular weight excluding hydrogens is 418 g/mol. The molecule has 166 valence electrons.